The molecule has 0 saturated heterocycles. The molecule has 0 heterocycles. The highest BCUT2D eigenvalue weighted by Crippen LogP contribution is 1.57. The van der Waals surface area contributed by atoms with Gasteiger partial charge in [0.25, 0.3) is 0 Å². The lowest BCUT2D eigenvalue weighted by molar-refractivity contribution is -0.458. The van der Waals surface area contributed by atoms with E-state index in [9.17, 15) is 0 Å². The van der Waals surface area contributed by atoms with Crippen molar-refractivity contribution in [1.29, 1.82) is 0 Å². The summed E-state index contributed by atoms with van der Waals surface area (Å²) in [6.07, 6.45) is 0.981. The Balaban J connectivity index is 3.03. The fourth-order valence-corrected chi connectivity index (χ4v) is 0.388. The van der Waals surface area contributed by atoms with E-state index in [0.29, 0.717) is 0 Å². The summed E-state index contributed by atoms with van der Waals surface area (Å²) in [7, 11) is 0. The standard InChI is InChI=1S/C5H13N3/c1-5(7)8-4-2-3-6/h2-4,6H2,1H3,(H2,7,8)/p+1. The molecule has 0 radical (unpaired) electrons. The van der Waals surface area contributed by atoms with Crippen molar-refractivity contribution in [1.82, 2.24) is 0 Å². The molecule has 8 heavy (non-hydrogen) atoms. The molecule has 0 unspecified atom stereocenters. The molecule has 0 fully saturated rings. The Labute approximate surface area is 49.8 Å². The van der Waals surface area contributed by atoms with Crippen molar-refractivity contribution in [3.63, 3.8) is 0 Å². The van der Waals surface area contributed by atoms with Gasteiger partial charge >= 0.3 is 0 Å². The van der Waals surface area contributed by atoms with Crippen molar-refractivity contribution >= 4 is 5.84 Å². The molecule has 0 aromatic rings. The third-order valence-electron chi connectivity index (χ3n) is 0.785. The first-order valence-corrected chi connectivity index (χ1v) is 2.80. The third-order valence-corrected chi connectivity index (χ3v) is 0.785. The van der Waals surface area contributed by atoms with Crippen LogP contribution in [0.5, 0.6) is 0 Å². The molecule has 0 spiro atoms. The van der Waals surface area contributed by atoms with Gasteiger partial charge in [-0.15, -0.1) is 0 Å². The molecule has 0 aromatic carbocycles. The van der Waals surface area contributed by atoms with Gasteiger partial charge in [0.15, 0.2) is 0 Å². The van der Waals surface area contributed by atoms with Gasteiger partial charge in [-0.3, -0.25) is 10.7 Å². The van der Waals surface area contributed by atoms with Gasteiger partial charge in [-0.1, -0.05) is 0 Å². The lowest BCUT2D eigenvalue weighted by Crippen LogP contribution is -2.74. The molecule has 0 aliphatic carbocycles. The highest BCUT2D eigenvalue weighted by Gasteiger charge is 1.83. The van der Waals surface area contributed by atoms with E-state index in [4.69, 9.17) is 11.5 Å². The van der Waals surface area contributed by atoms with Crippen molar-refractivity contribution in [2.45, 2.75) is 13.3 Å². The second-order valence-corrected chi connectivity index (χ2v) is 1.75. The molecule has 0 bridgehead atoms. The van der Waals surface area contributed by atoms with Crippen molar-refractivity contribution in [3.05, 3.63) is 0 Å². The first kappa shape index (κ1) is 7.43. The van der Waals surface area contributed by atoms with Gasteiger partial charge in [0.2, 0.25) is 5.84 Å². The molecule has 0 saturated carbocycles. The lowest BCUT2D eigenvalue weighted by Gasteiger charge is -1.86. The zero-order valence-electron chi connectivity index (χ0n) is 5.28. The first-order chi connectivity index (χ1) is 3.77. The molecule has 3 nitrogen and oxygen atoms in total. The molecule has 0 atom stereocenters. The summed E-state index contributed by atoms with van der Waals surface area (Å²) >= 11 is 0. The van der Waals surface area contributed by atoms with E-state index < -0.39 is 0 Å². The van der Waals surface area contributed by atoms with E-state index in [-0.39, 0.29) is 0 Å². The minimum Gasteiger partial charge on any atom is -0.330 e. The number of nitrogens with two attached hydrogens (primary N) is 2. The maximum atomic E-state index is 5.30. The lowest BCUT2D eigenvalue weighted by atomic mass is 10.4. The smallest absolute Gasteiger partial charge is 0.237 e. The van der Waals surface area contributed by atoms with Crippen molar-refractivity contribution in [2.75, 3.05) is 13.1 Å². The van der Waals surface area contributed by atoms with Crippen LogP contribution in [0, 0.1) is 0 Å². The minimum absolute atomic E-state index is 0.722. The van der Waals surface area contributed by atoms with Gasteiger partial charge in [-0.05, 0) is 13.0 Å². The van der Waals surface area contributed by atoms with Gasteiger partial charge in [-0.25, -0.2) is 0 Å². The van der Waals surface area contributed by atoms with Gasteiger partial charge < -0.3 is 5.73 Å². The maximum absolute atomic E-state index is 5.30. The van der Waals surface area contributed by atoms with Crippen molar-refractivity contribution in [2.24, 2.45) is 11.5 Å². The van der Waals surface area contributed by atoms with Crippen LogP contribution in [0.4, 0.5) is 0 Å². The Bertz CT molecular complexity index is 73.7. The van der Waals surface area contributed by atoms with E-state index in [2.05, 4.69) is 4.99 Å². The van der Waals surface area contributed by atoms with Gasteiger partial charge in [-0.2, -0.15) is 0 Å². The van der Waals surface area contributed by atoms with Crippen LogP contribution in [0.2, 0.25) is 0 Å². The normalized spacial score (nSPS) is 12.0. The van der Waals surface area contributed by atoms with Crippen LogP contribution >= 0.6 is 0 Å². The molecular weight excluding hydrogens is 102 g/mol. The predicted octanol–water partition coefficient (Wildman–Crippen LogP) is -2.21. The molecule has 0 amide bonds. The fourth-order valence-electron chi connectivity index (χ4n) is 0.388. The van der Waals surface area contributed by atoms with Crippen molar-refractivity contribution in [3.8, 4) is 0 Å². The van der Waals surface area contributed by atoms with Crippen LogP contribution < -0.4 is 16.5 Å². The summed E-state index contributed by atoms with van der Waals surface area (Å²) < 4.78 is 0. The van der Waals surface area contributed by atoms with Gasteiger partial charge in [0.1, 0.15) is 0 Å². The minimum atomic E-state index is 0.722. The molecule has 0 aliphatic heterocycles. The number of nitrogens with one attached hydrogen (secondary N) is 1. The molecule has 5 N–H and O–H groups in total. The fraction of sp³-hybridized carbons (Fsp3) is 0.800. The van der Waals surface area contributed by atoms with Crippen LogP contribution in [-0.4, -0.2) is 18.9 Å². The SMILES string of the molecule is CC(N)=[NH+]CCCN. The van der Waals surface area contributed by atoms with E-state index in [1.165, 1.54) is 0 Å². The predicted molar refractivity (Wildman–Crippen MR) is 34.4 cm³/mol. The highest BCUT2D eigenvalue weighted by molar-refractivity contribution is 5.70. The molecule has 0 aromatic heterocycles. The van der Waals surface area contributed by atoms with Crippen LogP contribution in [0.1, 0.15) is 13.3 Å². The molecule has 0 rings (SSSR count). The van der Waals surface area contributed by atoms with Gasteiger partial charge in [0, 0.05) is 6.92 Å². The second kappa shape index (κ2) is 4.59. The Morgan fingerprint density at radius 1 is 1.62 bits per heavy atom. The summed E-state index contributed by atoms with van der Waals surface area (Å²) in [6, 6.07) is 0. The summed E-state index contributed by atoms with van der Waals surface area (Å²) in [4.78, 5) is 2.96. The summed E-state index contributed by atoms with van der Waals surface area (Å²) in [5.41, 5.74) is 10.5. The zero-order chi connectivity index (χ0) is 6.41. The second-order valence-electron chi connectivity index (χ2n) is 1.75. The van der Waals surface area contributed by atoms with Crippen LogP contribution in [0.3, 0.4) is 0 Å². The average molecular weight is 116 g/mol. The number of hydrogen-bond acceptors (Lipinski definition) is 1. The van der Waals surface area contributed by atoms with E-state index in [1.807, 2.05) is 6.92 Å². The molecule has 3 heteroatoms. The number of hydrogen-bond donors (Lipinski definition) is 3. The van der Waals surface area contributed by atoms with Gasteiger partial charge in [0.05, 0.1) is 6.54 Å². The topological polar surface area (TPSA) is 66.0 Å². The Morgan fingerprint density at radius 2 is 2.25 bits per heavy atom. The molecule has 0 aliphatic rings. The molecule has 48 valence electrons. The van der Waals surface area contributed by atoms with E-state index in [1.54, 1.807) is 0 Å². The first-order valence-electron chi connectivity index (χ1n) is 2.80. The monoisotopic (exact) mass is 116 g/mol. The number of rotatable bonds is 3. The van der Waals surface area contributed by atoms with E-state index in [0.717, 1.165) is 25.3 Å². The largest absolute Gasteiger partial charge is 0.330 e. The van der Waals surface area contributed by atoms with Crippen LogP contribution in [0.25, 0.3) is 0 Å². The van der Waals surface area contributed by atoms with Crippen LogP contribution in [-0.2, 0) is 0 Å². The Kier molecular flexibility index (Phi) is 4.26. The summed E-state index contributed by atoms with van der Waals surface area (Å²) in [6.45, 7) is 3.44. The maximum Gasteiger partial charge on any atom is 0.237 e. The summed E-state index contributed by atoms with van der Waals surface area (Å²) in [5.74, 6) is 0.762. The average Bonchev–Trinajstić information content (AvgIpc) is 1.66. The quantitative estimate of drug-likeness (QED) is 0.222. The van der Waals surface area contributed by atoms with E-state index >= 15 is 0 Å². The Morgan fingerprint density at radius 3 is 2.62 bits per heavy atom. The molecular formula is C5H14N3+. The number of amidine groups is 1. The third kappa shape index (κ3) is 5.43. The Hall–Kier alpha value is -0.570. The zero-order valence-corrected chi connectivity index (χ0v) is 5.28. The van der Waals surface area contributed by atoms with Crippen molar-refractivity contribution < 1.29 is 4.99 Å². The highest BCUT2D eigenvalue weighted by atomic mass is 14.8. The van der Waals surface area contributed by atoms with Crippen LogP contribution in [0.15, 0.2) is 0 Å². The summed E-state index contributed by atoms with van der Waals surface area (Å²) in [5, 5.41) is 0.